The number of hydrogen-bond acceptors (Lipinski definition) is 2. The van der Waals surface area contributed by atoms with Gasteiger partial charge in [-0.2, -0.15) is 0 Å². The lowest BCUT2D eigenvalue weighted by atomic mass is 10.1. The van der Waals surface area contributed by atoms with Crippen molar-refractivity contribution in [2.45, 2.75) is 40.2 Å². The van der Waals surface area contributed by atoms with E-state index in [0.29, 0.717) is 6.04 Å². The summed E-state index contributed by atoms with van der Waals surface area (Å²) in [6.45, 7) is 13.0. The van der Waals surface area contributed by atoms with Gasteiger partial charge in [0.2, 0.25) is 0 Å². The normalized spacial score (nSPS) is 11.5. The van der Waals surface area contributed by atoms with Crippen molar-refractivity contribution in [3.8, 4) is 0 Å². The molecule has 0 spiro atoms. The van der Waals surface area contributed by atoms with Crippen molar-refractivity contribution in [1.29, 1.82) is 0 Å². The van der Waals surface area contributed by atoms with Gasteiger partial charge in [-0.3, -0.25) is 9.89 Å². The molecular weight excluding hydrogens is 418 g/mol. The first-order valence-corrected chi connectivity index (χ1v) is 8.57. The van der Waals surface area contributed by atoms with Gasteiger partial charge in [0.1, 0.15) is 5.82 Å². The van der Waals surface area contributed by atoms with Crippen molar-refractivity contribution in [3.05, 3.63) is 35.6 Å². The van der Waals surface area contributed by atoms with Gasteiger partial charge in [0.05, 0.1) is 6.54 Å². The molecule has 1 aromatic carbocycles. The highest BCUT2D eigenvalue weighted by atomic mass is 127. The van der Waals surface area contributed by atoms with E-state index in [1.165, 1.54) is 12.1 Å². The number of guanidine groups is 1. The molecule has 1 rings (SSSR count). The first-order chi connectivity index (χ1) is 11.1. The summed E-state index contributed by atoms with van der Waals surface area (Å²) < 4.78 is 12.9. The molecule has 0 fully saturated rings. The fourth-order valence-electron chi connectivity index (χ4n) is 2.39. The second-order valence-electron chi connectivity index (χ2n) is 5.79. The first kappa shape index (κ1) is 23.1. The quantitative estimate of drug-likeness (QED) is 0.345. The molecule has 0 aliphatic heterocycles. The Morgan fingerprint density at radius 3 is 2.38 bits per heavy atom. The van der Waals surface area contributed by atoms with Gasteiger partial charge in [0.15, 0.2) is 5.96 Å². The number of nitrogens with zero attached hydrogens (tertiary/aromatic N) is 2. The topological polar surface area (TPSA) is 39.7 Å². The van der Waals surface area contributed by atoms with Gasteiger partial charge in [0.25, 0.3) is 0 Å². The summed E-state index contributed by atoms with van der Waals surface area (Å²) in [6, 6.07) is 7.19. The summed E-state index contributed by atoms with van der Waals surface area (Å²) in [5.41, 5.74) is 1.12. The molecule has 4 nitrogen and oxygen atoms in total. The summed E-state index contributed by atoms with van der Waals surface area (Å²) >= 11 is 0. The van der Waals surface area contributed by atoms with Crippen LogP contribution in [-0.2, 0) is 6.42 Å². The average molecular weight is 450 g/mol. The van der Waals surface area contributed by atoms with Crippen molar-refractivity contribution in [1.82, 2.24) is 15.5 Å². The van der Waals surface area contributed by atoms with E-state index >= 15 is 0 Å². The maximum atomic E-state index is 12.9. The van der Waals surface area contributed by atoms with Gasteiger partial charge in [-0.25, -0.2) is 4.39 Å². The Morgan fingerprint density at radius 2 is 1.83 bits per heavy atom. The Morgan fingerprint density at radius 1 is 1.17 bits per heavy atom. The van der Waals surface area contributed by atoms with Crippen LogP contribution in [0.3, 0.4) is 0 Å². The minimum Gasteiger partial charge on any atom is -0.357 e. The highest BCUT2D eigenvalue weighted by molar-refractivity contribution is 14.0. The van der Waals surface area contributed by atoms with E-state index in [1.54, 1.807) is 0 Å². The lowest BCUT2D eigenvalue weighted by Gasteiger charge is -2.23. The standard InChI is InChI=1S/C18H31FN4.HI/c1-5-20-18(22-13-14-23(6-2)15(3)4)21-12-11-16-7-9-17(19)10-8-16;/h7-10,15H,5-6,11-14H2,1-4H3,(H2,20,21,22);1H. The van der Waals surface area contributed by atoms with E-state index in [2.05, 4.69) is 48.2 Å². The molecule has 24 heavy (non-hydrogen) atoms. The molecule has 0 aliphatic carbocycles. The molecule has 0 bridgehead atoms. The van der Waals surface area contributed by atoms with Gasteiger partial charge in [-0.15, -0.1) is 24.0 Å². The summed E-state index contributed by atoms with van der Waals surface area (Å²) in [5, 5.41) is 6.59. The van der Waals surface area contributed by atoms with Crippen LogP contribution in [0.25, 0.3) is 0 Å². The Balaban J connectivity index is 0.00000529. The first-order valence-electron chi connectivity index (χ1n) is 8.57. The van der Waals surface area contributed by atoms with Crippen LogP contribution in [0.4, 0.5) is 4.39 Å². The second kappa shape index (κ2) is 13.4. The summed E-state index contributed by atoms with van der Waals surface area (Å²) in [6.07, 6.45) is 0.845. The molecule has 0 unspecified atom stereocenters. The smallest absolute Gasteiger partial charge is 0.191 e. The van der Waals surface area contributed by atoms with Crippen molar-refractivity contribution >= 4 is 29.9 Å². The third-order valence-electron chi connectivity index (χ3n) is 3.76. The summed E-state index contributed by atoms with van der Waals surface area (Å²) in [4.78, 5) is 7.02. The third kappa shape index (κ3) is 9.42. The minimum absolute atomic E-state index is 0. The van der Waals surface area contributed by atoms with Crippen LogP contribution in [0.5, 0.6) is 0 Å². The predicted octanol–water partition coefficient (Wildman–Crippen LogP) is 3.27. The lowest BCUT2D eigenvalue weighted by Crippen LogP contribution is -2.39. The number of aliphatic imine (C=N–C) groups is 1. The van der Waals surface area contributed by atoms with E-state index < -0.39 is 0 Å². The molecule has 2 N–H and O–H groups in total. The van der Waals surface area contributed by atoms with E-state index in [-0.39, 0.29) is 29.8 Å². The molecule has 0 amide bonds. The Hall–Kier alpha value is -0.890. The zero-order valence-electron chi connectivity index (χ0n) is 15.3. The fraction of sp³-hybridized carbons (Fsp3) is 0.611. The van der Waals surface area contributed by atoms with Crippen LogP contribution in [0.1, 0.15) is 33.3 Å². The summed E-state index contributed by atoms with van der Waals surface area (Å²) in [7, 11) is 0. The molecule has 0 atom stereocenters. The van der Waals surface area contributed by atoms with Crippen LogP contribution >= 0.6 is 24.0 Å². The van der Waals surface area contributed by atoms with Gasteiger partial charge >= 0.3 is 0 Å². The third-order valence-corrected chi connectivity index (χ3v) is 3.76. The molecule has 0 aromatic heterocycles. The highest BCUT2D eigenvalue weighted by Gasteiger charge is 2.05. The van der Waals surface area contributed by atoms with Crippen LogP contribution in [0, 0.1) is 5.82 Å². The zero-order chi connectivity index (χ0) is 17.1. The van der Waals surface area contributed by atoms with E-state index in [9.17, 15) is 4.39 Å². The molecular formula is C18H32FIN4. The van der Waals surface area contributed by atoms with E-state index in [0.717, 1.165) is 50.7 Å². The van der Waals surface area contributed by atoms with Crippen molar-refractivity contribution in [3.63, 3.8) is 0 Å². The van der Waals surface area contributed by atoms with Crippen LogP contribution in [0.15, 0.2) is 29.3 Å². The number of nitrogens with one attached hydrogen (secondary N) is 2. The molecule has 0 radical (unpaired) electrons. The van der Waals surface area contributed by atoms with Gasteiger partial charge < -0.3 is 10.6 Å². The number of likely N-dealkylation sites (N-methyl/N-ethyl adjacent to an activating group) is 1. The van der Waals surface area contributed by atoms with Crippen molar-refractivity contribution < 1.29 is 4.39 Å². The predicted molar refractivity (Wildman–Crippen MR) is 112 cm³/mol. The van der Waals surface area contributed by atoms with Crippen LogP contribution < -0.4 is 10.6 Å². The fourth-order valence-corrected chi connectivity index (χ4v) is 2.39. The van der Waals surface area contributed by atoms with Crippen molar-refractivity contribution in [2.75, 3.05) is 32.7 Å². The lowest BCUT2D eigenvalue weighted by molar-refractivity contribution is 0.240. The molecule has 0 heterocycles. The Bertz CT molecular complexity index is 463. The summed E-state index contributed by atoms with van der Waals surface area (Å²) in [5.74, 6) is 0.650. The second-order valence-corrected chi connectivity index (χ2v) is 5.79. The number of halogens is 2. The maximum absolute atomic E-state index is 12.9. The van der Waals surface area contributed by atoms with E-state index in [4.69, 9.17) is 0 Å². The number of benzene rings is 1. The minimum atomic E-state index is -0.192. The maximum Gasteiger partial charge on any atom is 0.191 e. The van der Waals surface area contributed by atoms with Gasteiger partial charge in [-0.1, -0.05) is 19.1 Å². The molecule has 0 aliphatic rings. The van der Waals surface area contributed by atoms with Crippen LogP contribution in [0.2, 0.25) is 0 Å². The highest BCUT2D eigenvalue weighted by Crippen LogP contribution is 2.02. The van der Waals surface area contributed by atoms with Crippen molar-refractivity contribution in [2.24, 2.45) is 4.99 Å². The van der Waals surface area contributed by atoms with E-state index in [1.807, 2.05) is 12.1 Å². The molecule has 0 saturated carbocycles. The van der Waals surface area contributed by atoms with Gasteiger partial charge in [-0.05, 0) is 51.4 Å². The Labute approximate surface area is 163 Å². The number of hydrogen-bond donors (Lipinski definition) is 2. The van der Waals surface area contributed by atoms with Crippen LogP contribution in [-0.4, -0.2) is 49.6 Å². The average Bonchev–Trinajstić information content (AvgIpc) is 2.53. The number of rotatable bonds is 9. The SMILES string of the molecule is CCNC(=NCCN(CC)C(C)C)NCCc1ccc(F)cc1.I. The largest absolute Gasteiger partial charge is 0.357 e. The zero-order valence-corrected chi connectivity index (χ0v) is 17.6. The molecule has 0 saturated heterocycles. The molecule has 6 heteroatoms. The molecule has 138 valence electrons. The molecule has 1 aromatic rings. The monoisotopic (exact) mass is 450 g/mol. The van der Waals surface area contributed by atoms with Gasteiger partial charge in [0, 0.05) is 25.7 Å². The Kier molecular flexibility index (Phi) is 12.9.